The van der Waals surface area contributed by atoms with Crippen LogP contribution in [0, 0.1) is 0 Å². The van der Waals surface area contributed by atoms with Gasteiger partial charge in [-0.25, -0.2) is 0 Å². The molecule has 2 heteroatoms. The Kier molecular flexibility index (Phi) is 4.18. The number of aryl methyl sites for hydroxylation is 1. The molecule has 1 aliphatic carbocycles. The van der Waals surface area contributed by atoms with Crippen LogP contribution in [0.15, 0.2) is 18.2 Å². The Morgan fingerprint density at radius 1 is 1.35 bits per heavy atom. The smallest absolute Gasteiger partial charge is 0.122 e. The van der Waals surface area contributed by atoms with Crippen LogP contribution in [0.2, 0.25) is 0 Å². The molecule has 0 radical (unpaired) electrons. The number of aldehydes is 1. The second kappa shape index (κ2) is 5.85. The van der Waals surface area contributed by atoms with E-state index in [1.807, 2.05) is 6.07 Å². The topological polar surface area (TPSA) is 26.3 Å². The summed E-state index contributed by atoms with van der Waals surface area (Å²) in [5.74, 6) is 1.66. The lowest BCUT2D eigenvalue weighted by Crippen LogP contribution is -1.99. The van der Waals surface area contributed by atoms with Crippen LogP contribution in [-0.4, -0.2) is 13.4 Å². The summed E-state index contributed by atoms with van der Waals surface area (Å²) in [7, 11) is 1.73. The van der Waals surface area contributed by atoms with Crippen LogP contribution in [0.5, 0.6) is 5.75 Å². The van der Waals surface area contributed by atoms with E-state index in [9.17, 15) is 4.79 Å². The molecule has 1 fully saturated rings. The first-order chi connectivity index (χ1) is 8.35. The molecule has 92 valence electrons. The first kappa shape index (κ1) is 12.2. The van der Waals surface area contributed by atoms with Gasteiger partial charge in [0.05, 0.1) is 7.11 Å². The number of carbonyl (C=O) groups is 1. The van der Waals surface area contributed by atoms with Crippen molar-refractivity contribution in [2.75, 3.05) is 7.11 Å². The summed E-state index contributed by atoms with van der Waals surface area (Å²) in [4.78, 5) is 10.4. The van der Waals surface area contributed by atoms with Gasteiger partial charge in [-0.1, -0.05) is 25.0 Å². The molecule has 0 atom stereocenters. The monoisotopic (exact) mass is 232 g/mol. The Morgan fingerprint density at radius 3 is 2.76 bits per heavy atom. The molecule has 0 heterocycles. The van der Waals surface area contributed by atoms with Gasteiger partial charge in [0.25, 0.3) is 0 Å². The molecule has 0 aromatic heterocycles. The predicted molar refractivity (Wildman–Crippen MR) is 68.6 cm³/mol. The molecule has 0 saturated heterocycles. The van der Waals surface area contributed by atoms with Crippen LogP contribution in [0.1, 0.15) is 49.1 Å². The van der Waals surface area contributed by atoms with E-state index in [0.29, 0.717) is 12.3 Å². The zero-order valence-corrected chi connectivity index (χ0v) is 10.4. The van der Waals surface area contributed by atoms with Crippen LogP contribution in [0.25, 0.3) is 0 Å². The number of hydrogen-bond donors (Lipinski definition) is 0. The van der Waals surface area contributed by atoms with E-state index in [1.165, 1.54) is 36.8 Å². The van der Waals surface area contributed by atoms with Crippen molar-refractivity contribution in [1.29, 1.82) is 0 Å². The molecule has 0 aliphatic heterocycles. The quantitative estimate of drug-likeness (QED) is 0.726. The zero-order chi connectivity index (χ0) is 12.1. The third kappa shape index (κ3) is 2.87. The molecule has 2 rings (SSSR count). The second-order valence-electron chi connectivity index (χ2n) is 4.76. The fourth-order valence-electron chi connectivity index (χ4n) is 2.72. The van der Waals surface area contributed by atoms with Gasteiger partial charge in [0.2, 0.25) is 0 Å². The molecule has 1 aliphatic rings. The van der Waals surface area contributed by atoms with E-state index in [4.69, 9.17) is 4.74 Å². The highest BCUT2D eigenvalue weighted by Gasteiger charge is 2.20. The van der Waals surface area contributed by atoms with Crippen LogP contribution in [0.4, 0.5) is 0 Å². The lowest BCUT2D eigenvalue weighted by Gasteiger charge is -2.15. The number of carbonyl (C=O) groups excluding carboxylic acids is 1. The SMILES string of the molecule is COc1ccc(CCC=O)cc1C1CCCC1. The van der Waals surface area contributed by atoms with Crippen molar-refractivity contribution < 1.29 is 9.53 Å². The van der Waals surface area contributed by atoms with Gasteiger partial charge in [-0.2, -0.15) is 0 Å². The summed E-state index contributed by atoms with van der Waals surface area (Å²) in [6.07, 6.45) is 7.63. The highest BCUT2D eigenvalue weighted by Crippen LogP contribution is 2.39. The van der Waals surface area contributed by atoms with Crippen molar-refractivity contribution in [2.24, 2.45) is 0 Å². The van der Waals surface area contributed by atoms with Crippen molar-refractivity contribution >= 4 is 6.29 Å². The van der Waals surface area contributed by atoms with Crippen molar-refractivity contribution in [3.05, 3.63) is 29.3 Å². The first-order valence-electron chi connectivity index (χ1n) is 6.45. The number of benzene rings is 1. The maximum atomic E-state index is 10.4. The minimum atomic E-state index is 0.608. The summed E-state index contributed by atoms with van der Waals surface area (Å²) in [6, 6.07) is 6.35. The largest absolute Gasteiger partial charge is 0.496 e. The molecule has 0 spiro atoms. The third-order valence-corrected chi connectivity index (χ3v) is 3.64. The second-order valence-corrected chi connectivity index (χ2v) is 4.76. The molecule has 2 nitrogen and oxygen atoms in total. The van der Waals surface area contributed by atoms with Gasteiger partial charge in [0, 0.05) is 6.42 Å². The lowest BCUT2D eigenvalue weighted by atomic mass is 9.94. The van der Waals surface area contributed by atoms with Gasteiger partial charge in [0.15, 0.2) is 0 Å². The Balaban J connectivity index is 2.22. The number of rotatable bonds is 5. The minimum absolute atomic E-state index is 0.608. The van der Waals surface area contributed by atoms with Gasteiger partial charge in [-0.05, 0) is 42.4 Å². The Bertz CT molecular complexity index is 379. The molecule has 0 bridgehead atoms. The molecule has 0 N–H and O–H groups in total. The van der Waals surface area contributed by atoms with E-state index in [2.05, 4.69) is 12.1 Å². The summed E-state index contributed by atoms with van der Waals surface area (Å²) < 4.78 is 5.45. The summed E-state index contributed by atoms with van der Waals surface area (Å²) in [5, 5.41) is 0. The average molecular weight is 232 g/mol. The van der Waals surface area contributed by atoms with E-state index in [-0.39, 0.29) is 0 Å². The normalized spacial score (nSPS) is 16.1. The molecule has 17 heavy (non-hydrogen) atoms. The van der Waals surface area contributed by atoms with Crippen molar-refractivity contribution in [2.45, 2.75) is 44.4 Å². The minimum Gasteiger partial charge on any atom is -0.496 e. The number of methoxy groups -OCH3 is 1. The van der Waals surface area contributed by atoms with Crippen LogP contribution in [0.3, 0.4) is 0 Å². The number of hydrogen-bond acceptors (Lipinski definition) is 2. The standard InChI is InChI=1S/C15H20O2/c1-17-15-9-8-12(5-4-10-16)11-14(15)13-6-2-3-7-13/h8-11,13H,2-7H2,1H3. The van der Waals surface area contributed by atoms with Gasteiger partial charge < -0.3 is 9.53 Å². The van der Waals surface area contributed by atoms with E-state index >= 15 is 0 Å². The molecular formula is C15H20O2. The van der Waals surface area contributed by atoms with Crippen molar-refractivity contribution in [1.82, 2.24) is 0 Å². The van der Waals surface area contributed by atoms with E-state index in [1.54, 1.807) is 7.11 Å². The molecular weight excluding hydrogens is 212 g/mol. The highest BCUT2D eigenvalue weighted by molar-refractivity contribution is 5.50. The number of ether oxygens (including phenoxy) is 1. The molecule has 0 unspecified atom stereocenters. The third-order valence-electron chi connectivity index (χ3n) is 3.64. The molecule has 0 amide bonds. The van der Waals surface area contributed by atoms with E-state index < -0.39 is 0 Å². The van der Waals surface area contributed by atoms with Gasteiger partial charge in [0.1, 0.15) is 12.0 Å². The summed E-state index contributed by atoms with van der Waals surface area (Å²) in [5.41, 5.74) is 2.59. The molecule has 1 saturated carbocycles. The summed E-state index contributed by atoms with van der Waals surface area (Å²) >= 11 is 0. The first-order valence-corrected chi connectivity index (χ1v) is 6.45. The Labute approximate surface area is 103 Å². The highest BCUT2D eigenvalue weighted by atomic mass is 16.5. The van der Waals surface area contributed by atoms with Crippen molar-refractivity contribution in [3.8, 4) is 5.75 Å². The summed E-state index contributed by atoms with van der Waals surface area (Å²) in [6.45, 7) is 0. The molecule has 1 aromatic rings. The Morgan fingerprint density at radius 2 is 2.12 bits per heavy atom. The maximum Gasteiger partial charge on any atom is 0.122 e. The van der Waals surface area contributed by atoms with Gasteiger partial charge >= 0.3 is 0 Å². The lowest BCUT2D eigenvalue weighted by molar-refractivity contribution is -0.107. The van der Waals surface area contributed by atoms with Crippen LogP contribution < -0.4 is 4.74 Å². The maximum absolute atomic E-state index is 10.4. The van der Waals surface area contributed by atoms with Gasteiger partial charge in [-0.15, -0.1) is 0 Å². The fourth-order valence-corrected chi connectivity index (χ4v) is 2.72. The average Bonchev–Trinajstić information content (AvgIpc) is 2.89. The van der Waals surface area contributed by atoms with Crippen molar-refractivity contribution in [3.63, 3.8) is 0 Å². The van der Waals surface area contributed by atoms with Gasteiger partial charge in [-0.3, -0.25) is 0 Å². The Hall–Kier alpha value is -1.31. The molecule has 1 aromatic carbocycles. The van der Waals surface area contributed by atoms with E-state index in [0.717, 1.165) is 18.5 Å². The van der Waals surface area contributed by atoms with Crippen LogP contribution in [-0.2, 0) is 11.2 Å². The van der Waals surface area contributed by atoms with Crippen LogP contribution >= 0.6 is 0 Å². The zero-order valence-electron chi connectivity index (χ0n) is 10.4. The predicted octanol–water partition coefficient (Wildman–Crippen LogP) is 3.48. The fraction of sp³-hybridized carbons (Fsp3) is 0.533.